The lowest BCUT2D eigenvalue weighted by atomic mass is 9.98. The van der Waals surface area contributed by atoms with Crippen LogP contribution in [0.15, 0.2) is 22.4 Å². The van der Waals surface area contributed by atoms with Gasteiger partial charge in [-0.25, -0.2) is 19.6 Å². The number of anilines is 1. The lowest BCUT2D eigenvalue weighted by Crippen LogP contribution is -2.32. The summed E-state index contributed by atoms with van der Waals surface area (Å²) in [5, 5.41) is 8.26. The average Bonchev–Trinajstić information content (AvgIpc) is 3.41. The molecule has 9 nitrogen and oxygen atoms in total. The molecule has 0 saturated heterocycles. The fraction of sp³-hybridized carbons (Fsp3) is 0.609. The van der Waals surface area contributed by atoms with E-state index in [-0.39, 0.29) is 37.3 Å². The summed E-state index contributed by atoms with van der Waals surface area (Å²) in [5.74, 6) is 4.08. The Kier molecular flexibility index (Phi) is 7.20. The molecule has 0 radical (unpaired) electrons. The maximum atomic E-state index is 13.5. The number of nitrogens with one attached hydrogen (secondary N) is 1. The Morgan fingerprint density at radius 1 is 1.24 bits per heavy atom. The van der Waals surface area contributed by atoms with Crippen LogP contribution in [0.3, 0.4) is 0 Å². The van der Waals surface area contributed by atoms with E-state index in [0.29, 0.717) is 23.5 Å². The summed E-state index contributed by atoms with van der Waals surface area (Å²) in [6.07, 6.45) is 5.91. The molecular formula is C23H33F2N7O2. The number of hydrogen-bond donors (Lipinski definition) is 3. The van der Waals surface area contributed by atoms with Crippen LogP contribution < -0.4 is 21.6 Å². The Hall–Kier alpha value is -2.95. The predicted molar refractivity (Wildman–Crippen MR) is 124 cm³/mol. The molecule has 0 bridgehead atoms. The van der Waals surface area contributed by atoms with E-state index in [9.17, 15) is 8.78 Å². The lowest BCUT2D eigenvalue weighted by Gasteiger charge is -2.24. The Labute approximate surface area is 197 Å². The van der Waals surface area contributed by atoms with Gasteiger partial charge < -0.3 is 25.3 Å². The summed E-state index contributed by atoms with van der Waals surface area (Å²) < 4.78 is 38.3. The molecule has 5 N–H and O–H groups in total. The molecule has 0 aliphatic heterocycles. The maximum absolute atomic E-state index is 13.5. The molecule has 2 heterocycles. The van der Waals surface area contributed by atoms with Gasteiger partial charge in [0.05, 0.1) is 35.4 Å². The topological polar surface area (TPSA) is 128 Å². The largest absolute Gasteiger partial charge is 0.489 e. The zero-order chi connectivity index (χ0) is 24.3. The van der Waals surface area contributed by atoms with Crippen LogP contribution in [-0.2, 0) is 0 Å². The van der Waals surface area contributed by atoms with Crippen molar-refractivity contribution < 1.29 is 18.0 Å². The molecule has 4 rings (SSSR count). The average molecular weight is 478 g/mol. The molecular weight excluding hydrogens is 444 g/mol. The van der Waals surface area contributed by atoms with E-state index in [1.54, 1.807) is 7.05 Å². The fourth-order valence-corrected chi connectivity index (χ4v) is 4.54. The molecule has 11 heteroatoms. The van der Waals surface area contributed by atoms with E-state index < -0.39 is 11.8 Å². The van der Waals surface area contributed by atoms with Crippen molar-refractivity contribution in [2.45, 2.75) is 76.2 Å². The van der Waals surface area contributed by atoms with Gasteiger partial charge in [-0.15, -0.1) is 0 Å². The number of hydrogen-bond acceptors (Lipinski definition) is 9. The predicted octanol–water partition coefficient (Wildman–Crippen LogP) is 3.93. The van der Waals surface area contributed by atoms with Crippen molar-refractivity contribution in [1.82, 2.24) is 20.1 Å². The summed E-state index contributed by atoms with van der Waals surface area (Å²) in [7, 11) is 1.67. The van der Waals surface area contributed by atoms with Gasteiger partial charge >= 0.3 is 0 Å². The van der Waals surface area contributed by atoms with Gasteiger partial charge in [-0.2, -0.15) is 4.98 Å². The molecule has 186 valence electrons. The van der Waals surface area contributed by atoms with Crippen molar-refractivity contribution in [2.24, 2.45) is 11.6 Å². The molecule has 2 saturated carbocycles. The van der Waals surface area contributed by atoms with Crippen molar-refractivity contribution in [3.63, 3.8) is 0 Å². The number of alkyl halides is 2. The summed E-state index contributed by atoms with van der Waals surface area (Å²) >= 11 is 0. The van der Waals surface area contributed by atoms with Crippen molar-refractivity contribution in [2.75, 3.05) is 18.9 Å². The maximum Gasteiger partial charge on any atom is 0.263 e. The molecule has 2 aliphatic rings. The molecule has 2 aromatic rings. The number of ether oxygens (including phenoxy) is 1. The van der Waals surface area contributed by atoms with Crippen LogP contribution in [0.4, 0.5) is 14.7 Å². The molecule has 0 spiro atoms. The highest BCUT2D eigenvalue weighted by atomic mass is 19.3. The minimum absolute atomic E-state index is 0.166. The monoisotopic (exact) mass is 477 g/mol. The van der Waals surface area contributed by atoms with Gasteiger partial charge in [-0.1, -0.05) is 6.42 Å². The number of nitrogens with two attached hydrogens (primary N) is 2. The number of nitrogens with zero attached hydrogens (tertiary/aromatic N) is 4. The van der Waals surface area contributed by atoms with Crippen LogP contribution >= 0.6 is 0 Å². The number of halogens is 2. The van der Waals surface area contributed by atoms with E-state index in [2.05, 4.69) is 20.4 Å². The zero-order valence-electron chi connectivity index (χ0n) is 19.7. The summed E-state index contributed by atoms with van der Waals surface area (Å²) in [5.41, 5.74) is 8.70. The summed E-state index contributed by atoms with van der Waals surface area (Å²) in [4.78, 5) is 8.85. The first-order valence-electron chi connectivity index (χ1n) is 11.8. The molecule has 2 aromatic heterocycles. The quantitative estimate of drug-likeness (QED) is 0.382. The number of pyridine rings is 1. The Morgan fingerprint density at radius 3 is 2.65 bits per heavy atom. The minimum Gasteiger partial charge on any atom is -0.489 e. The van der Waals surface area contributed by atoms with Crippen LogP contribution in [0.1, 0.15) is 74.6 Å². The second-order valence-corrected chi connectivity index (χ2v) is 9.23. The van der Waals surface area contributed by atoms with E-state index in [0.717, 1.165) is 24.3 Å². The van der Waals surface area contributed by atoms with Crippen molar-refractivity contribution >= 4 is 11.6 Å². The van der Waals surface area contributed by atoms with E-state index in [1.807, 2.05) is 19.1 Å². The Morgan fingerprint density at radius 2 is 2.00 bits per heavy atom. The highest BCUT2D eigenvalue weighted by Gasteiger charge is 2.42. The molecule has 0 amide bonds. The smallest absolute Gasteiger partial charge is 0.263 e. The number of aryl methyl sites for hydroxylation is 1. The Bertz CT molecular complexity index is 1020. The third-order valence-corrected chi connectivity index (χ3v) is 6.50. The van der Waals surface area contributed by atoms with Crippen LogP contribution in [0, 0.1) is 6.92 Å². The first-order valence-corrected chi connectivity index (χ1v) is 11.8. The third-order valence-electron chi connectivity index (χ3n) is 6.50. The fourth-order valence-electron chi connectivity index (χ4n) is 4.54. The standard InChI is InChI=1S/C23H33F2N7O2/c1-14-19(33-16-6-4-3-5-7-16)9-8-17(29-14)20(26)18(32(2)27)13-28-22-30-21(34-31-22)15-10-11-23(24,25)12-15/h8-9,15-16H,3-7,10-13,26-27H2,1-2H3,(H,28,31)/b20-18-. The summed E-state index contributed by atoms with van der Waals surface area (Å²) in [6.45, 7) is 2.09. The van der Waals surface area contributed by atoms with Gasteiger partial charge in [0.25, 0.3) is 5.95 Å². The highest BCUT2D eigenvalue weighted by Crippen LogP contribution is 2.43. The number of aromatic nitrogens is 3. The second-order valence-electron chi connectivity index (χ2n) is 9.23. The number of hydrazine groups is 1. The van der Waals surface area contributed by atoms with Gasteiger partial charge in [0.1, 0.15) is 5.75 Å². The van der Waals surface area contributed by atoms with Crippen LogP contribution in [0.25, 0.3) is 5.70 Å². The van der Waals surface area contributed by atoms with Crippen LogP contribution in [0.2, 0.25) is 0 Å². The van der Waals surface area contributed by atoms with Crippen molar-refractivity contribution in [3.8, 4) is 5.75 Å². The van der Waals surface area contributed by atoms with Crippen LogP contribution in [0.5, 0.6) is 5.75 Å². The van der Waals surface area contributed by atoms with Gasteiger partial charge in [0.2, 0.25) is 11.8 Å². The molecule has 34 heavy (non-hydrogen) atoms. The molecule has 1 atom stereocenters. The van der Waals surface area contributed by atoms with Gasteiger partial charge in [-0.05, 0) is 56.3 Å². The first-order chi connectivity index (χ1) is 16.2. The van der Waals surface area contributed by atoms with E-state index in [4.69, 9.17) is 20.8 Å². The normalized spacial score (nSPS) is 21.3. The first kappa shape index (κ1) is 24.2. The van der Waals surface area contributed by atoms with Gasteiger partial charge in [0, 0.05) is 25.8 Å². The molecule has 1 unspecified atom stereocenters. The van der Waals surface area contributed by atoms with Gasteiger partial charge in [0.15, 0.2) is 0 Å². The molecule has 0 aromatic carbocycles. The Balaban J connectivity index is 1.43. The van der Waals surface area contributed by atoms with Crippen LogP contribution in [-0.4, -0.2) is 45.8 Å². The van der Waals surface area contributed by atoms with Gasteiger partial charge in [-0.3, -0.25) is 0 Å². The number of rotatable bonds is 8. The second kappa shape index (κ2) is 10.1. The SMILES string of the molecule is Cc1nc(/C(N)=C(\CNc2noc(C3CCC(F)(F)C3)n2)N(C)N)ccc1OC1CCCCC1. The summed E-state index contributed by atoms with van der Waals surface area (Å²) in [6, 6.07) is 3.71. The van der Waals surface area contributed by atoms with E-state index >= 15 is 0 Å². The third kappa shape index (κ3) is 5.75. The minimum atomic E-state index is -2.68. The molecule has 2 aliphatic carbocycles. The highest BCUT2D eigenvalue weighted by molar-refractivity contribution is 5.64. The van der Waals surface area contributed by atoms with Crippen molar-refractivity contribution in [1.29, 1.82) is 0 Å². The van der Waals surface area contributed by atoms with E-state index in [1.165, 1.54) is 24.3 Å². The van der Waals surface area contributed by atoms with Crippen molar-refractivity contribution in [3.05, 3.63) is 35.1 Å². The number of likely N-dealkylation sites (N-methyl/N-ethyl adjacent to an activating group) is 1. The molecule has 2 fully saturated rings. The zero-order valence-corrected chi connectivity index (χ0v) is 19.7. The lowest BCUT2D eigenvalue weighted by molar-refractivity contribution is 0.00689.